The number of allylic oxidation sites excluding steroid dienone is 2. The highest BCUT2D eigenvalue weighted by Gasteiger charge is 2.60. The molecule has 3 saturated heterocycles. The first-order chi connectivity index (χ1) is 22.4. The predicted molar refractivity (Wildman–Crippen MR) is 175 cm³/mol. The van der Waals surface area contributed by atoms with Crippen LogP contribution in [0.2, 0.25) is 0 Å². The largest absolute Gasteiger partial charge is 0.462 e. The lowest BCUT2D eigenvalue weighted by Gasteiger charge is -2.50. The number of ether oxygens (including phenoxy) is 7. The molecule has 5 aliphatic rings. The third-order valence-electron chi connectivity index (χ3n) is 10.7. The second-order valence-corrected chi connectivity index (χ2v) is 14.6. The molecule has 1 aliphatic carbocycles. The summed E-state index contributed by atoms with van der Waals surface area (Å²) in [6.07, 6.45) is 9.55. The molecule has 2 bridgehead atoms. The van der Waals surface area contributed by atoms with Gasteiger partial charge >= 0.3 is 5.97 Å². The van der Waals surface area contributed by atoms with Crippen LogP contribution in [-0.2, 0) is 38.0 Å². The third kappa shape index (κ3) is 7.80. The monoisotopic (exact) mass is 660 g/mol. The maximum absolute atomic E-state index is 14.1. The average Bonchev–Trinajstić information content (AvgIpc) is 3.37. The molecular weight excluding hydrogens is 604 g/mol. The summed E-state index contributed by atoms with van der Waals surface area (Å²) in [5.41, 5.74) is 0.358. The maximum atomic E-state index is 14.1. The lowest BCUT2D eigenvalue weighted by molar-refractivity contribution is -0.340. The van der Waals surface area contributed by atoms with Crippen molar-refractivity contribution < 1.29 is 48.2 Å². The van der Waals surface area contributed by atoms with Gasteiger partial charge in [0, 0.05) is 32.3 Å². The first-order valence-corrected chi connectivity index (χ1v) is 17.4. The van der Waals surface area contributed by atoms with Gasteiger partial charge in [-0.15, -0.1) is 0 Å². The van der Waals surface area contributed by atoms with Crippen LogP contribution in [-0.4, -0.2) is 97.9 Å². The number of carbonyl (C=O) groups is 1. The van der Waals surface area contributed by atoms with Gasteiger partial charge in [-0.3, -0.25) is 4.79 Å². The number of aliphatic hydroxyl groups excluding tert-OH is 1. The van der Waals surface area contributed by atoms with Crippen LogP contribution >= 0.6 is 0 Å². The number of carbonyl (C=O) groups excluding carboxylic acids is 1. The van der Waals surface area contributed by atoms with Crippen LogP contribution in [0.25, 0.3) is 0 Å². The van der Waals surface area contributed by atoms with Crippen LogP contribution in [0.15, 0.2) is 47.1 Å². The molecule has 5 rings (SSSR count). The molecule has 0 radical (unpaired) electrons. The fourth-order valence-electron chi connectivity index (χ4n) is 8.03. The molecule has 0 aromatic carbocycles. The molecule has 0 aromatic rings. The summed E-state index contributed by atoms with van der Waals surface area (Å²) in [5.74, 6) is -1.83. The Labute approximate surface area is 280 Å². The Kier molecular flexibility index (Phi) is 11.9. The fourth-order valence-corrected chi connectivity index (χ4v) is 8.03. The minimum atomic E-state index is -1.76. The lowest BCUT2D eigenvalue weighted by atomic mass is 9.71. The smallest absolute Gasteiger partial charge is 0.316 e. The van der Waals surface area contributed by atoms with Crippen molar-refractivity contribution in [3.8, 4) is 0 Å². The van der Waals surface area contributed by atoms with Crippen molar-refractivity contribution in [2.24, 2.45) is 23.7 Å². The molecule has 1 spiro atoms. The SMILES string of the molecule is COCCOCO[C@@H]1/C(C)=C/CC2CC(C[C@]3(CCC(C)C(C(C)C)O3)O2)OC(=O)[C@@H]2C=C(C)[C@@H](O)C3OC/C(=C\C=C\C1C)C32O. The van der Waals surface area contributed by atoms with Crippen molar-refractivity contribution in [3.63, 3.8) is 0 Å². The zero-order chi connectivity index (χ0) is 33.9. The molecule has 10 heteroatoms. The Hall–Kier alpha value is -1.89. The normalized spacial score (nSPS) is 44.2. The Bertz CT molecular complexity index is 1220. The van der Waals surface area contributed by atoms with Crippen LogP contribution in [0.5, 0.6) is 0 Å². The van der Waals surface area contributed by atoms with E-state index >= 15 is 0 Å². The van der Waals surface area contributed by atoms with E-state index < -0.39 is 41.6 Å². The lowest BCUT2D eigenvalue weighted by Crippen LogP contribution is -2.58. The quantitative estimate of drug-likeness (QED) is 0.171. The van der Waals surface area contributed by atoms with Crippen molar-refractivity contribution in [2.45, 2.75) is 122 Å². The molecule has 4 aliphatic heterocycles. The van der Waals surface area contributed by atoms with Gasteiger partial charge < -0.3 is 43.4 Å². The Balaban J connectivity index is 1.51. The summed E-state index contributed by atoms with van der Waals surface area (Å²) in [4.78, 5) is 14.1. The standard InChI is InChI=1S/C37H56O10/c1-22(2)32-25(5)13-14-36(47-32)19-29-18-28(46-36)12-11-24(4)33(44-21-42-16-15-41-7)23(3)9-8-10-27-20-43-34-31(38)26(6)17-30(35(39)45-29)37(27,34)40/h8-11,17,22-23,25,28-34,38,40H,12-16,18-21H2,1-7H3/b9-8+,24-11+,27-10+/t23?,25?,28?,29?,30-,31+,32?,33-,34?,36+,37?/m0/s1. The number of aliphatic hydroxyl groups is 2. The van der Waals surface area contributed by atoms with Gasteiger partial charge in [-0.25, -0.2) is 0 Å². The summed E-state index contributed by atoms with van der Waals surface area (Å²) >= 11 is 0. The number of rotatable bonds is 7. The van der Waals surface area contributed by atoms with Crippen LogP contribution < -0.4 is 0 Å². The zero-order valence-electron chi connectivity index (χ0n) is 29.2. The van der Waals surface area contributed by atoms with Gasteiger partial charge in [0.25, 0.3) is 0 Å². The first kappa shape index (κ1) is 36.4. The van der Waals surface area contributed by atoms with Gasteiger partial charge in [-0.05, 0) is 55.2 Å². The number of esters is 1. The first-order valence-electron chi connectivity index (χ1n) is 17.4. The average molecular weight is 661 g/mol. The van der Waals surface area contributed by atoms with Gasteiger partial charge in [0.1, 0.15) is 36.6 Å². The van der Waals surface area contributed by atoms with E-state index in [4.69, 9.17) is 33.2 Å². The molecule has 0 amide bonds. The van der Waals surface area contributed by atoms with E-state index in [2.05, 4.69) is 40.7 Å². The summed E-state index contributed by atoms with van der Waals surface area (Å²) in [6.45, 7) is 13.5. The molecule has 7 unspecified atom stereocenters. The van der Waals surface area contributed by atoms with Gasteiger partial charge in [-0.2, -0.15) is 0 Å². The third-order valence-corrected chi connectivity index (χ3v) is 10.7. The van der Waals surface area contributed by atoms with E-state index in [9.17, 15) is 15.0 Å². The van der Waals surface area contributed by atoms with E-state index in [0.29, 0.717) is 61.9 Å². The molecule has 10 nitrogen and oxygen atoms in total. The summed E-state index contributed by atoms with van der Waals surface area (Å²) in [6, 6.07) is 0. The van der Waals surface area contributed by atoms with E-state index in [1.54, 1.807) is 26.2 Å². The minimum absolute atomic E-state index is 0.0210. The summed E-state index contributed by atoms with van der Waals surface area (Å²) < 4.78 is 42.9. The molecule has 0 saturated carbocycles. The highest BCUT2D eigenvalue weighted by atomic mass is 16.7. The van der Waals surface area contributed by atoms with Crippen LogP contribution in [0.3, 0.4) is 0 Å². The van der Waals surface area contributed by atoms with E-state index in [1.807, 2.05) is 12.2 Å². The van der Waals surface area contributed by atoms with Crippen molar-refractivity contribution in [1.29, 1.82) is 0 Å². The molecule has 0 aromatic heterocycles. The predicted octanol–water partition coefficient (Wildman–Crippen LogP) is 4.79. The molecule has 4 heterocycles. The van der Waals surface area contributed by atoms with E-state index in [1.165, 1.54) is 0 Å². The second-order valence-electron chi connectivity index (χ2n) is 14.6. The van der Waals surface area contributed by atoms with Crippen molar-refractivity contribution in [2.75, 3.05) is 33.7 Å². The Morgan fingerprint density at radius 1 is 1.11 bits per heavy atom. The Morgan fingerprint density at radius 3 is 2.64 bits per heavy atom. The molecule has 11 atom stereocenters. The van der Waals surface area contributed by atoms with E-state index in [0.717, 1.165) is 12.0 Å². The highest BCUT2D eigenvalue weighted by molar-refractivity contribution is 5.78. The molecular formula is C37H56O10. The van der Waals surface area contributed by atoms with Crippen LogP contribution in [0.1, 0.15) is 73.6 Å². The van der Waals surface area contributed by atoms with Gasteiger partial charge in [-0.1, -0.05) is 58.1 Å². The van der Waals surface area contributed by atoms with Crippen molar-refractivity contribution >= 4 is 5.97 Å². The number of hydrogen-bond donors (Lipinski definition) is 2. The van der Waals surface area contributed by atoms with Crippen LogP contribution in [0, 0.1) is 23.7 Å². The van der Waals surface area contributed by atoms with Crippen LogP contribution in [0.4, 0.5) is 0 Å². The Morgan fingerprint density at radius 2 is 1.89 bits per heavy atom. The number of hydrogen-bond acceptors (Lipinski definition) is 10. The highest BCUT2D eigenvalue weighted by Crippen LogP contribution is 2.47. The van der Waals surface area contributed by atoms with Crippen molar-refractivity contribution in [3.05, 3.63) is 47.1 Å². The zero-order valence-corrected chi connectivity index (χ0v) is 29.2. The molecule has 3 fully saturated rings. The molecule has 2 N–H and O–H groups in total. The second kappa shape index (κ2) is 15.3. The van der Waals surface area contributed by atoms with Gasteiger partial charge in [0.2, 0.25) is 0 Å². The summed E-state index contributed by atoms with van der Waals surface area (Å²) in [7, 11) is 1.63. The number of fused-ring (bicyclic) bond motifs is 2. The maximum Gasteiger partial charge on any atom is 0.316 e. The minimum Gasteiger partial charge on any atom is -0.462 e. The van der Waals surface area contributed by atoms with E-state index in [-0.39, 0.29) is 37.6 Å². The van der Waals surface area contributed by atoms with Gasteiger partial charge in [0.05, 0.1) is 38.1 Å². The van der Waals surface area contributed by atoms with Crippen molar-refractivity contribution in [1.82, 2.24) is 0 Å². The fraction of sp³-hybridized carbons (Fsp3) is 0.757. The van der Waals surface area contributed by atoms with Gasteiger partial charge in [0.15, 0.2) is 5.79 Å². The topological polar surface area (TPSA) is 122 Å². The molecule has 47 heavy (non-hydrogen) atoms. The number of methoxy groups -OCH3 is 1. The molecule has 264 valence electrons. The summed E-state index contributed by atoms with van der Waals surface area (Å²) in [5, 5.41) is 23.3.